The number of aliphatic hydroxyl groups is 1. The van der Waals surface area contributed by atoms with Gasteiger partial charge in [0.15, 0.2) is 0 Å². The lowest BCUT2D eigenvalue weighted by Crippen LogP contribution is -2.59. The van der Waals surface area contributed by atoms with Gasteiger partial charge in [-0.25, -0.2) is 0 Å². The Kier molecular flexibility index (Phi) is 7.14. The van der Waals surface area contributed by atoms with Gasteiger partial charge in [-0.05, 0) is 51.3 Å². The fourth-order valence-corrected chi connectivity index (χ4v) is 6.95. The molecule has 1 spiro atoms. The first-order valence-corrected chi connectivity index (χ1v) is 13.0. The number of esters is 1. The highest BCUT2D eigenvalue weighted by Gasteiger charge is 2.77. The molecule has 1 aromatic rings. The molecular weight excluding hydrogens is 516 g/mol. The van der Waals surface area contributed by atoms with Gasteiger partial charge in [-0.1, -0.05) is 34.1 Å². The molecule has 0 aliphatic carbocycles. The number of ether oxygens (including phenoxy) is 2. The molecule has 3 heterocycles. The van der Waals surface area contributed by atoms with Gasteiger partial charge in [-0.2, -0.15) is 0 Å². The van der Waals surface area contributed by atoms with Crippen molar-refractivity contribution in [2.75, 3.05) is 24.7 Å². The van der Waals surface area contributed by atoms with Gasteiger partial charge < -0.3 is 24.4 Å². The molecule has 190 valence electrons. The highest BCUT2D eigenvalue weighted by Crippen LogP contribution is 2.60. The minimum atomic E-state index is -1.20. The molecule has 0 aromatic heterocycles. The molecule has 7 atom stereocenters. The topological polar surface area (TPSA) is 96.4 Å². The first-order chi connectivity index (χ1) is 16.6. The lowest BCUT2D eigenvalue weighted by Gasteiger charge is -2.39. The first kappa shape index (κ1) is 25.9. The average Bonchev–Trinajstić information content (AvgIpc) is 3.42. The van der Waals surface area contributed by atoms with Crippen LogP contribution in [-0.4, -0.2) is 76.2 Å². The predicted octanol–water partition coefficient (Wildman–Crippen LogP) is 2.51. The zero-order valence-corrected chi connectivity index (χ0v) is 22.2. The molecule has 1 aromatic carbocycles. The van der Waals surface area contributed by atoms with E-state index >= 15 is 0 Å². The van der Waals surface area contributed by atoms with Crippen molar-refractivity contribution >= 4 is 39.4 Å². The normalized spacial score (nSPS) is 31.9. The van der Waals surface area contributed by atoms with Crippen LogP contribution in [0.15, 0.2) is 30.9 Å². The maximum Gasteiger partial charge on any atom is 0.312 e. The molecule has 4 rings (SSSR count). The fourth-order valence-electron chi connectivity index (χ4n) is 6.01. The Balaban J connectivity index is 1.84. The Bertz CT molecular complexity index is 1050. The second-order valence-corrected chi connectivity index (χ2v) is 10.9. The minimum absolute atomic E-state index is 0.182. The number of alkyl halides is 1. The number of carbonyl (C=O) groups is 3. The van der Waals surface area contributed by atoms with Gasteiger partial charge in [0.05, 0.1) is 37.2 Å². The van der Waals surface area contributed by atoms with Gasteiger partial charge in [0.25, 0.3) is 5.91 Å². The van der Waals surface area contributed by atoms with Crippen LogP contribution < -0.4 is 4.90 Å². The molecule has 3 aliphatic heterocycles. The van der Waals surface area contributed by atoms with E-state index in [-0.39, 0.29) is 36.4 Å². The number of nitrogens with zero attached hydrogens (tertiary/aromatic N) is 2. The number of amides is 2. The predicted molar refractivity (Wildman–Crippen MR) is 134 cm³/mol. The summed E-state index contributed by atoms with van der Waals surface area (Å²) in [5.74, 6) is -2.85. The van der Waals surface area contributed by atoms with Crippen molar-refractivity contribution in [3.8, 4) is 0 Å². The Morgan fingerprint density at radius 2 is 2.14 bits per heavy atom. The second-order valence-electron chi connectivity index (χ2n) is 9.72. The van der Waals surface area contributed by atoms with Crippen molar-refractivity contribution in [2.24, 2.45) is 11.8 Å². The fraction of sp³-hybridized carbons (Fsp3) is 0.577. The lowest BCUT2D eigenvalue weighted by atomic mass is 9.70. The third kappa shape index (κ3) is 3.92. The van der Waals surface area contributed by atoms with Crippen LogP contribution in [0.2, 0.25) is 0 Å². The SMILES string of the molecule is C=CCN(C(=O)C1N([C@H](C)CO)C(=O)[C@@H]2[C@@H](C(=O)OCC)[C@@H]3OC12CC3Br)c1cc(C)ccc1C. The third-order valence-corrected chi connectivity index (χ3v) is 8.34. The van der Waals surface area contributed by atoms with E-state index in [9.17, 15) is 19.5 Å². The average molecular weight is 549 g/mol. The number of aryl methyl sites for hydroxylation is 2. The van der Waals surface area contributed by atoms with Crippen LogP contribution in [0.3, 0.4) is 0 Å². The molecule has 3 saturated heterocycles. The standard InChI is InChI=1S/C26H33BrN2O6/c1-6-10-28(18-11-14(3)8-9-15(18)4)24(32)22-26-12-17(27)21(35-26)19(25(33)34-7-2)20(26)23(31)29(22)16(5)13-30/h6,8-9,11,16-17,19-22,30H,1,7,10,12-13H2,2-5H3/t16-,17?,19-,20+,21-,22?,26?/m1/s1. The van der Waals surface area contributed by atoms with E-state index in [1.165, 1.54) is 4.90 Å². The summed E-state index contributed by atoms with van der Waals surface area (Å²) in [6.45, 7) is 11.2. The van der Waals surface area contributed by atoms with Crippen molar-refractivity contribution in [3.05, 3.63) is 42.0 Å². The zero-order valence-electron chi connectivity index (χ0n) is 20.6. The summed E-state index contributed by atoms with van der Waals surface area (Å²) in [5.41, 5.74) is 1.42. The van der Waals surface area contributed by atoms with E-state index in [2.05, 4.69) is 22.5 Å². The van der Waals surface area contributed by atoms with Crippen LogP contribution in [0.1, 0.15) is 31.4 Å². The van der Waals surface area contributed by atoms with Gasteiger partial charge in [-0.3, -0.25) is 14.4 Å². The first-order valence-electron chi connectivity index (χ1n) is 12.0. The number of hydrogen-bond acceptors (Lipinski definition) is 6. The Hall–Kier alpha value is -2.23. The monoisotopic (exact) mass is 548 g/mol. The number of rotatable bonds is 8. The Morgan fingerprint density at radius 3 is 2.77 bits per heavy atom. The summed E-state index contributed by atoms with van der Waals surface area (Å²) in [5, 5.41) is 10.0. The Labute approximate surface area is 214 Å². The van der Waals surface area contributed by atoms with Crippen molar-refractivity contribution in [1.29, 1.82) is 0 Å². The molecule has 8 nitrogen and oxygen atoms in total. The van der Waals surface area contributed by atoms with Crippen LogP contribution in [-0.2, 0) is 23.9 Å². The maximum absolute atomic E-state index is 14.4. The van der Waals surface area contributed by atoms with E-state index in [1.54, 1.807) is 24.8 Å². The number of hydrogen-bond donors (Lipinski definition) is 1. The lowest BCUT2D eigenvalue weighted by molar-refractivity contribution is -0.155. The van der Waals surface area contributed by atoms with Gasteiger partial charge >= 0.3 is 5.97 Å². The summed E-state index contributed by atoms with van der Waals surface area (Å²) in [6, 6.07) is 4.21. The zero-order chi connectivity index (χ0) is 25.7. The Morgan fingerprint density at radius 1 is 1.43 bits per heavy atom. The van der Waals surface area contributed by atoms with E-state index in [0.717, 1.165) is 16.8 Å². The molecule has 2 bridgehead atoms. The number of benzene rings is 1. The third-order valence-electron chi connectivity index (χ3n) is 7.49. The van der Waals surface area contributed by atoms with Crippen LogP contribution in [0.5, 0.6) is 0 Å². The van der Waals surface area contributed by atoms with Crippen molar-refractivity contribution in [3.63, 3.8) is 0 Å². The number of halogens is 1. The number of aliphatic hydroxyl groups excluding tert-OH is 1. The van der Waals surface area contributed by atoms with Crippen molar-refractivity contribution in [1.82, 2.24) is 4.90 Å². The molecule has 3 aliphatic rings. The van der Waals surface area contributed by atoms with Gasteiger partial charge in [-0.15, -0.1) is 6.58 Å². The molecule has 1 N–H and O–H groups in total. The van der Waals surface area contributed by atoms with E-state index in [1.807, 2.05) is 32.0 Å². The molecule has 0 saturated carbocycles. The molecule has 3 unspecified atom stereocenters. The number of anilines is 1. The van der Waals surface area contributed by atoms with Gasteiger partial charge in [0.1, 0.15) is 11.6 Å². The van der Waals surface area contributed by atoms with Crippen LogP contribution >= 0.6 is 15.9 Å². The van der Waals surface area contributed by atoms with Crippen molar-refractivity contribution in [2.45, 2.75) is 62.7 Å². The molecule has 0 radical (unpaired) electrons. The number of fused-ring (bicyclic) bond motifs is 1. The summed E-state index contributed by atoms with van der Waals surface area (Å²) < 4.78 is 11.8. The highest BCUT2D eigenvalue weighted by molar-refractivity contribution is 9.09. The van der Waals surface area contributed by atoms with Crippen molar-refractivity contribution < 1.29 is 29.0 Å². The summed E-state index contributed by atoms with van der Waals surface area (Å²) in [7, 11) is 0. The van der Waals surface area contributed by atoms with Crippen LogP contribution in [0.4, 0.5) is 5.69 Å². The summed E-state index contributed by atoms with van der Waals surface area (Å²) >= 11 is 3.64. The van der Waals surface area contributed by atoms with Gasteiger partial charge in [0.2, 0.25) is 5.91 Å². The molecule has 9 heteroatoms. The number of carbonyl (C=O) groups excluding carboxylic acids is 3. The minimum Gasteiger partial charge on any atom is -0.466 e. The highest BCUT2D eigenvalue weighted by atomic mass is 79.9. The van der Waals surface area contributed by atoms with Crippen LogP contribution in [0, 0.1) is 25.7 Å². The molecule has 35 heavy (non-hydrogen) atoms. The smallest absolute Gasteiger partial charge is 0.312 e. The molecule has 2 amide bonds. The van der Waals surface area contributed by atoms with E-state index in [4.69, 9.17) is 9.47 Å². The summed E-state index contributed by atoms with van der Waals surface area (Å²) in [4.78, 5) is 44.1. The van der Waals surface area contributed by atoms with E-state index in [0.29, 0.717) is 6.42 Å². The summed E-state index contributed by atoms with van der Waals surface area (Å²) in [6.07, 6.45) is 1.47. The second kappa shape index (κ2) is 9.67. The number of likely N-dealkylation sites (tertiary alicyclic amines) is 1. The van der Waals surface area contributed by atoms with E-state index < -0.39 is 41.6 Å². The maximum atomic E-state index is 14.4. The van der Waals surface area contributed by atoms with Crippen LogP contribution in [0.25, 0.3) is 0 Å². The molecular formula is C26H33BrN2O6. The largest absolute Gasteiger partial charge is 0.466 e. The molecule has 3 fully saturated rings. The quantitative estimate of drug-likeness (QED) is 0.304. The van der Waals surface area contributed by atoms with Gasteiger partial charge in [0, 0.05) is 17.1 Å².